The highest BCUT2D eigenvalue weighted by molar-refractivity contribution is 6.22. The van der Waals surface area contributed by atoms with Crippen LogP contribution in [0.15, 0.2) is 53.3 Å². The number of amides is 1. The first-order valence-electron chi connectivity index (χ1n) is 10.7. The molecule has 2 aromatic carbocycles. The van der Waals surface area contributed by atoms with Crippen molar-refractivity contribution in [3.63, 3.8) is 0 Å². The summed E-state index contributed by atoms with van der Waals surface area (Å²) >= 11 is 0. The molecule has 0 spiro atoms. The van der Waals surface area contributed by atoms with Crippen LogP contribution >= 0.6 is 0 Å². The van der Waals surface area contributed by atoms with Crippen molar-refractivity contribution in [3.05, 3.63) is 64.4 Å². The van der Waals surface area contributed by atoms with Gasteiger partial charge in [-0.3, -0.25) is 14.4 Å². The van der Waals surface area contributed by atoms with E-state index in [-0.39, 0.29) is 36.1 Å². The number of fused-ring (bicyclic) bond motifs is 3. The number of phenolic OH excluding ortho intramolecular Hbond substituents is 1. The molecule has 0 heterocycles. The summed E-state index contributed by atoms with van der Waals surface area (Å²) in [6.07, 6.45) is -0.0327. The van der Waals surface area contributed by atoms with Crippen molar-refractivity contribution in [2.45, 2.75) is 24.9 Å². The van der Waals surface area contributed by atoms with Crippen LogP contribution in [0.4, 0.5) is 5.69 Å². The molecule has 0 radical (unpaired) electrons. The molecule has 0 saturated heterocycles. The van der Waals surface area contributed by atoms with E-state index in [1.807, 2.05) is 0 Å². The molecule has 8 N–H and O–H groups in total. The molecule has 34 heavy (non-hydrogen) atoms. The highest BCUT2D eigenvalue weighted by Crippen LogP contribution is 2.53. The van der Waals surface area contributed by atoms with Gasteiger partial charge < -0.3 is 31.9 Å². The topological polar surface area (TPSA) is 184 Å². The fraction of sp³-hybridized carbons (Fsp3) is 0.240. The molecule has 1 fully saturated rings. The van der Waals surface area contributed by atoms with Gasteiger partial charge >= 0.3 is 0 Å². The molecule has 0 bridgehead atoms. The lowest BCUT2D eigenvalue weighted by atomic mass is 9.59. The standard InChI is InChI=1S/C25H22N2O7/c26-13-3-1-10(2-4-13)14-5-6-16(28)19-15(14)8-11-7-12-9-17(29)20(24(27)33)23(32)25(12,34)22(31)18(11)21(19)30/h1-6,11-12,28,30,32,34H,7-9,26H2,(H2,27,33)/t11-,12+,25+/m1/s1. The Balaban J connectivity index is 1.70. The Morgan fingerprint density at radius 1 is 1.00 bits per heavy atom. The number of ketones is 2. The number of anilines is 1. The van der Waals surface area contributed by atoms with Crippen molar-refractivity contribution in [1.29, 1.82) is 0 Å². The largest absolute Gasteiger partial charge is 0.508 e. The number of benzene rings is 2. The molecule has 0 unspecified atom stereocenters. The van der Waals surface area contributed by atoms with Gasteiger partial charge in [0.25, 0.3) is 5.91 Å². The number of aromatic hydroxyl groups is 1. The van der Waals surface area contributed by atoms with Crippen LogP contribution in [-0.2, 0) is 20.8 Å². The van der Waals surface area contributed by atoms with E-state index in [9.17, 15) is 34.8 Å². The van der Waals surface area contributed by atoms with Crippen molar-refractivity contribution >= 4 is 28.9 Å². The Bertz CT molecular complexity index is 1360. The number of hydrogen-bond acceptors (Lipinski definition) is 8. The van der Waals surface area contributed by atoms with Crippen LogP contribution in [0.1, 0.15) is 24.0 Å². The van der Waals surface area contributed by atoms with Gasteiger partial charge in [0, 0.05) is 23.6 Å². The Morgan fingerprint density at radius 2 is 1.68 bits per heavy atom. The first-order valence-corrected chi connectivity index (χ1v) is 10.7. The molecule has 0 aliphatic heterocycles. The lowest BCUT2D eigenvalue weighted by Gasteiger charge is -2.46. The van der Waals surface area contributed by atoms with Gasteiger partial charge in [-0.25, -0.2) is 0 Å². The van der Waals surface area contributed by atoms with Crippen LogP contribution in [0.5, 0.6) is 5.75 Å². The van der Waals surface area contributed by atoms with Gasteiger partial charge in [-0.05, 0) is 53.6 Å². The summed E-state index contributed by atoms with van der Waals surface area (Å²) in [4.78, 5) is 37.6. The number of nitrogens with two attached hydrogens (primary N) is 2. The smallest absolute Gasteiger partial charge is 0.255 e. The second kappa shape index (κ2) is 7.19. The lowest BCUT2D eigenvalue weighted by Crippen LogP contribution is -2.58. The van der Waals surface area contributed by atoms with Gasteiger partial charge in [-0.1, -0.05) is 18.2 Å². The Hall–Kier alpha value is -4.11. The highest BCUT2D eigenvalue weighted by Gasteiger charge is 2.60. The Labute approximate surface area is 193 Å². The van der Waals surface area contributed by atoms with Gasteiger partial charge in [-0.15, -0.1) is 0 Å². The predicted octanol–water partition coefficient (Wildman–Crippen LogP) is 1.67. The molecule has 9 nitrogen and oxygen atoms in total. The molecule has 9 heteroatoms. The summed E-state index contributed by atoms with van der Waals surface area (Å²) in [5.74, 6) is -6.46. The van der Waals surface area contributed by atoms with Crippen molar-refractivity contribution in [3.8, 4) is 16.9 Å². The van der Waals surface area contributed by atoms with Gasteiger partial charge in [0.15, 0.2) is 11.4 Å². The molecule has 1 amide bonds. The summed E-state index contributed by atoms with van der Waals surface area (Å²) in [6.45, 7) is 0. The second-order valence-corrected chi connectivity index (χ2v) is 9.01. The van der Waals surface area contributed by atoms with Gasteiger partial charge in [0.05, 0.1) is 5.56 Å². The molecule has 174 valence electrons. The van der Waals surface area contributed by atoms with Gasteiger partial charge in [0.2, 0.25) is 5.78 Å². The normalized spacial score (nSPS) is 26.1. The highest BCUT2D eigenvalue weighted by atomic mass is 16.3. The number of primary amides is 1. The average molecular weight is 462 g/mol. The van der Waals surface area contributed by atoms with Crippen molar-refractivity contribution < 1.29 is 34.8 Å². The zero-order valence-corrected chi connectivity index (χ0v) is 17.9. The molecule has 0 aromatic heterocycles. The predicted molar refractivity (Wildman–Crippen MR) is 121 cm³/mol. The van der Waals surface area contributed by atoms with E-state index in [0.717, 1.165) is 11.1 Å². The number of aliphatic hydroxyl groups excluding tert-OH is 2. The van der Waals surface area contributed by atoms with Crippen LogP contribution in [0.25, 0.3) is 16.9 Å². The van der Waals surface area contributed by atoms with Crippen LogP contribution in [0.3, 0.4) is 0 Å². The SMILES string of the molecule is NC(=O)C1=C(O)[C@@]2(O)C(=O)C3=C(O)c4c(O)ccc(-c5ccc(N)cc5)c4C[C@H]3C[C@H]2CC1=O. The number of carbonyl (C=O) groups is 3. The van der Waals surface area contributed by atoms with E-state index in [0.29, 0.717) is 11.3 Å². The molecule has 5 rings (SSSR count). The van der Waals surface area contributed by atoms with Gasteiger partial charge in [0.1, 0.15) is 22.8 Å². The Morgan fingerprint density at radius 3 is 2.32 bits per heavy atom. The maximum Gasteiger partial charge on any atom is 0.255 e. The molecule has 3 aliphatic carbocycles. The van der Waals surface area contributed by atoms with Crippen molar-refractivity contribution in [2.24, 2.45) is 17.6 Å². The lowest BCUT2D eigenvalue weighted by molar-refractivity contribution is -0.147. The van der Waals surface area contributed by atoms with Gasteiger partial charge in [-0.2, -0.15) is 0 Å². The number of phenols is 1. The number of nitrogen functional groups attached to an aromatic ring is 1. The van der Waals surface area contributed by atoms with E-state index in [1.165, 1.54) is 6.07 Å². The molecule has 1 saturated carbocycles. The zero-order chi connectivity index (χ0) is 24.5. The summed E-state index contributed by atoms with van der Waals surface area (Å²) in [5.41, 5.74) is 10.2. The van der Waals surface area contributed by atoms with E-state index in [2.05, 4.69) is 0 Å². The van der Waals surface area contributed by atoms with E-state index in [4.69, 9.17) is 11.5 Å². The minimum atomic E-state index is -2.57. The number of hydrogen-bond donors (Lipinski definition) is 6. The molecule has 2 aromatic rings. The third-order valence-corrected chi connectivity index (χ3v) is 7.17. The number of aliphatic hydroxyl groups is 3. The molecule has 3 atom stereocenters. The summed E-state index contributed by atoms with van der Waals surface area (Å²) in [6, 6.07) is 10.2. The van der Waals surface area contributed by atoms with Crippen molar-refractivity contribution in [1.82, 2.24) is 0 Å². The monoisotopic (exact) mass is 462 g/mol. The first kappa shape index (κ1) is 21.7. The Kier molecular flexibility index (Phi) is 4.60. The molecule has 3 aliphatic rings. The van der Waals surface area contributed by atoms with E-state index >= 15 is 0 Å². The first-order chi connectivity index (χ1) is 16.1. The zero-order valence-electron chi connectivity index (χ0n) is 17.9. The maximum atomic E-state index is 13.5. The number of carbonyl (C=O) groups excluding carboxylic acids is 3. The van der Waals surface area contributed by atoms with Crippen LogP contribution in [0, 0.1) is 11.8 Å². The number of Topliss-reactive ketones (excluding diaryl/α,β-unsaturated/α-hetero) is 2. The summed E-state index contributed by atoms with van der Waals surface area (Å²) in [7, 11) is 0. The minimum Gasteiger partial charge on any atom is -0.508 e. The summed E-state index contributed by atoms with van der Waals surface area (Å²) < 4.78 is 0. The van der Waals surface area contributed by atoms with Crippen molar-refractivity contribution in [2.75, 3.05) is 5.73 Å². The minimum absolute atomic E-state index is 0.0569. The van der Waals surface area contributed by atoms with Crippen LogP contribution < -0.4 is 11.5 Å². The van der Waals surface area contributed by atoms with Crippen LogP contribution in [0.2, 0.25) is 0 Å². The number of rotatable bonds is 2. The quantitative estimate of drug-likeness (QED) is 0.287. The maximum absolute atomic E-state index is 13.5. The van der Waals surface area contributed by atoms with E-state index < -0.39 is 52.0 Å². The third-order valence-electron chi connectivity index (χ3n) is 7.17. The van der Waals surface area contributed by atoms with E-state index in [1.54, 1.807) is 30.3 Å². The fourth-order valence-electron chi connectivity index (χ4n) is 5.55. The fourth-order valence-corrected chi connectivity index (χ4v) is 5.55. The summed E-state index contributed by atoms with van der Waals surface area (Å²) in [5, 5.41) is 43.6. The second-order valence-electron chi connectivity index (χ2n) is 9.01. The molecular weight excluding hydrogens is 440 g/mol. The average Bonchev–Trinajstić information content (AvgIpc) is 2.77. The third kappa shape index (κ3) is 2.80. The van der Waals surface area contributed by atoms with Crippen LogP contribution in [-0.4, -0.2) is 43.5 Å². The molecular formula is C25H22N2O7.